The summed E-state index contributed by atoms with van der Waals surface area (Å²) in [6.45, 7) is 0.0798. The summed E-state index contributed by atoms with van der Waals surface area (Å²) in [6, 6.07) is 14.0. The number of carbonyl (C=O) groups is 2. The summed E-state index contributed by atoms with van der Waals surface area (Å²) >= 11 is 0. The number of methoxy groups -OCH3 is 1. The van der Waals surface area contributed by atoms with Crippen LogP contribution >= 0.6 is 0 Å². The first-order valence-corrected chi connectivity index (χ1v) is 8.75. The highest BCUT2D eigenvalue weighted by atomic mass is 16.5. The van der Waals surface area contributed by atoms with E-state index in [1.807, 2.05) is 24.3 Å². The lowest BCUT2D eigenvalue weighted by Gasteiger charge is -2.17. The highest BCUT2D eigenvalue weighted by Gasteiger charge is 2.25. The Bertz CT molecular complexity index is 1130. The van der Waals surface area contributed by atoms with Gasteiger partial charge in [-0.15, -0.1) is 0 Å². The number of rotatable bonds is 4. The lowest BCUT2D eigenvalue weighted by molar-refractivity contribution is -0.121. The van der Waals surface area contributed by atoms with Crippen molar-refractivity contribution >= 4 is 28.5 Å². The summed E-state index contributed by atoms with van der Waals surface area (Å²) in [5.74, 6) is -0.859. The second-order valence-electron chi connectivity index (χ2n) is 6.33. The van der Waals surface area contributed by atoms with E-state index in [0.717, 1.165) is 17.7 Å². The molecule has 2 heterocycles. The molecule has 0 spiro atoms. The maximum atomic E-state index is 12.5. The van der Waals surface area contributed by atoms with Crippen LogP contribution < -0.4 is 15.3 Å². The lowest BCUT2D eigenvalue weighted by Crippen LogP contribution is -2.33. The number of hydrogen-bond acceptors (Lipinski definition) is 6. The fraction of sp³-hybridized carbons (Fsp3) is 0.190. The van der Waals surface area contributed by atoms with Gasteiger partial charge in [0.05, 0.1) is 7.11 Å². The van der Waals surface area contributed by atoms with E-state index in [1.54, 1.807) is 23.1 Å². The minimum Gasteiger partial charge on any atom is -0.493 e. The second kappa shape index (κ2) is 7.19. The Balaban J connectivity index is 1.51. The van der Waals surface area contributed by atoms with Crippen molar-refractivity contribution in [1.82, 2.24) is 0 Å². The first-order chi connectivity index (χ1) is 13.6. The Labute approximate surface area is 160 Å². The van der Waals surface area contributed by atoms with E-state index >= 15 is 0 Å². The number of hydrogen-bond donors (Lipinski definition) is 0. The zero-order valence-corrected chi connectivity index (χ0v) is 15.1. The average molecular weight is 379 g/mol. The molecule has 1 aliphatic heterocycles. The highest BCUT2D eigenvalue weighted by Crippen LogP contribution is 2.27. The number of ether oxygens (including phenoxy) is 2. The quantitative estimate of drug-likeness (QED) is 0.512. The maximum Gasteiger partial charge on any atom is 0.351 e. The SMILES string of the molecule is COc1cccc2cc(C(=O)OCC(=O)N3CCc4ccccc43)c(=O)oc12. The summed E-state index contributed by atoms with van der Waals surface area (Å²) in [6.07, 6.45) is 0.756. The minimum atomic E-state index is -0.903. The van der Waals surface area contributed by atoms with E-state index in [4.69, 9.17) is 13.9 Å². The predicted octanol–water partition coefficient (Wildman–Crippen LogP) is 2.55. The Morgan fingerprint density at radius 1 is 1.14 bits per heavy atom. The molecule has 7 nitrogen and oxygen atoms in total. The number of nitrogens with zero attached hydrogens (tertiary/aromatic N) is 1. The molecule has 4 rings (SSSR count). The Morgan fingerprint density at radius 2 is 1.96 bits per heavy atom. The van der Waals surface area contributed by atoms with Gasteiger partial charge in [-0.2, -0.15) is 0 Å². The van der Waals surface area contributed by atoms with Gasteiger partial charge < -0.3 is 18.8 Å². The van der Waals surface area contributed by atoms with Crippen LogP contribution in [0.2, 0.25) is 0 Å². The van der Waals surface area contributed by atoms with Gasteiger partial charge >= 0.3 is 11.6 Å². The number of amides is 1. The Morgan fingerprint density at radius 3 is 2.79 bits per heavy atom. The topological polar surface area (TPSA) is 86.0 Å². The third kappa shape index (κ3) is 3.11. The first-order valence-electron chi connectivity index (χ1n) is 8.75. The number of anilines is 1. The normalized spacial score (nSPS) is 12.7. The van der Waals surface area contributed by atoms with E-state index in [2.05, 4.69) is 0 Å². The molecule has 0 saturated heterocycles. The van der Waals surface area contributed by atoms with Gasteiger partial charge in [0.15, 0.2) is 17.9 Å². The van der Waals surface area contributed by atoms with E-state index in [-0.39, 0.29) is 17.1 Å². The summed E-state index contributed by atoms with van der Waals surface area (Å²) in [7, 11) is 1.46. The molecule has 3 aromatic rings. The summed E-state index contributed by atoms with van der Waals surface area (Å²) in [5.41, 5.74) is 1.03. The van der Waals surface area contributed by atoms with Gasteiger partial charge in [0.2, 0.25) is 0 Å². The second-order valence-corrected chi connectivity index (χ2v) is 6.33. The third-order valence-electron chi connectivity index (χ3n) is 4.68. The van der Waals surface area contributed by atoms with Crippen LogP contribution in [-0.4, -0.2) is 32.1 Å². The van der Waals surface area contributed by atoms with Crippen LogP contribution in [0.3, 0.4) is 0 Å². The monoisotopic (exact) mass is 379 g/mol. The van der Waals surface area contributed by atoms with Gasteiger partial charge in [-0.25, -0.2) is 9.59 Å². The first kappa shape index (κ1) is 17.8. The fourth-order valence-electron chi connectivity index (χ4n) is 3.30. The van der Waals surface area contributed by atoms with Gasteiger partial charge in [0.1, 0.15) is 5.56 Å². The van der Waals surface area contributed by atoms with Crippen LogP contribution in [-0.2, 0) is 16.0 Å². The number of carbonyl (C=O) groups excluding carboxylic acids is 2. The molecule has 0 radical (unpaired) electrons. The zero-order chi connectivity index (χ0) is 19.7. The summed E-state index contributed by atoms with van der Waals surface area (Å²) < 4.78 is 15.4. The predicted molar refractivity (Wildman–Crippen MR) is 102 cm³/mol. The molecular weight excluding hydrogens is 362 g/mol. The lowest BCUT2D eigenvalue weighted by atomic mass is 10.2. The van der Waals surface area contributed by atoms with Crippen LogP contribution in [0.4, 0.5) is 5.69 Å². The molecule has 0 fully saturated rings. The largest absolute Gasteiger partial charge is 0.493 e. The van der Waals surface area contributed by atoms with Crippen LogP contribution in [0.5, 0.6) is 5.75 Å². The van der Waals surface area contributed by atoms with Crippen molar-refractivity contribution in [3.8, 4) is 5.75 Å². The number of benzene rings is 2. The van der Waals surface area contributed by atoms with Crippen molar-refractivity contribution in [1.29, 1.82) is 0 Å². The molecule has 142 valence electrons. The molecular formula is C21H17NO6. The van der Waals surface area contributed by atoms with Crippen LogP contribution in [0.25, 0.3) is 11.0 Å². The molecule has 2 aromatic carbocycles. The van der Waals surface area contributed by atoms with Gasteiger partial charge in [0.25, 0.3) is 5.91 Å². The van der Waals surface area contributed by atoms with E-state index in [1.165, 1.54) is 13.2 Å². The standard InChI is InChI=1S/C21H17NO6/c1-26-17-8-4-6-14-11-15(21(25)28-19(14)17)20(24)27-12-18(23)22-10-9-13-5-2-3-7-16(13)22/h2-8,11H,9-10,12H2,1H3. The molecule has 0 N–H and O–H groups in total. The molecule has 0 bridgehead atoms. The smallest absolute Gasteiger partial charge is 0.351 e. The van der Waals surface area contributed by atoms with Crippen molar-refractivity contribution in [3.63, 3.8) is 0 Å². The van der Waals surface area contributed by atoms with Crippen molar-refractivity contribution in [3.05, 3.63) is 70.1 Å². The average Bonchev–Trinajstić information content (AvgIpc) is 3.15. The third-order valence-corrected chi connectivity index (χ3v) is 4.68. The molecule has 1 aromatic heterocycles. The van der Waals surface area contributed by atoms with Gasteiger partial charge in [0, 0.05) is 17.6 Å². The van der Waals surface area contributed by atoms with Crippen molar-refractivity contribution < 1.29 is 23.5 Å². The highest BCUT2D eigenvalue weighted by molar-refractivity contribution is 5.99. The number of esters is 1. The van der Waals surface area contributed by atoms with Crippen molar-refractivity contribution in [2.75, 3.05) is 25.2 Å². The molecule has 0 atom stereocenters. The van der Waals surface area contributed by atoms with E-state index in [0.29, 0.717) is 17.7 Å². The Hall–Kier alpha value is -3.61. The Kier molecular flexibility index (Phi) is 4.57. The summed E-state index contributed by atoms with van der Waals surface area (Å²) in [5, 5.41) is 0.519. The van der Waals surface area contributed by atoms with E-state index in [9.17, 15) is 14.4 Å². The van der Waals surface area contributed by atoms with Crippen LogP contribution in [0.1, 0.15) is 15.9 Å². The molecule has 1 aliphatic rings. The van der Waals surface area contributed by atoms with Gasteiger partial charge in [-0.3, -0.25) is 4.79 Å². The minimum absolute atomic E-state index is 0.247. The van der Waals surface area contributed by atoms with Crippen LogP contribution in [0.15, 0.2) is 57.7 Å². The van der Waals surface area contributed by atoms with Crippen molar-refractivity contribution in [2.45, 2.75) is 6.42 Å². The molecule has 28 heavy (non-hydrogen) atoms. The fourth-order valence-corrected chi connectivity index (χ4v) is 3.30. The molecule has 0 aliphatic carbocycles. The van der Waals surface area contributed by atoms with E-state index < -0.39 is 18.2 Å². The summed E-state index contributed by atoms with van der Waals surface area (Å²) in [4.78, 5) is 38.6. The van der Waals surface area contributed by atoms with Gasteiger partial charge in [-0.1, -0.05) is 30.3 Å². The van der Waals surface area contributed by atoms with Gasteiger partial charge in [-0.05, 0) is 30.2 Å². The van der Waals surface area contributed by atoms with Crippen LogP contribution in [0, 0.1) is 0 Å². The molecule has 1 amide bonds. The zero-order valence-electron chi connectivity index (χ0n) is 15.1. The number of fused-ring (bicyclic) bond motifs is 2. The molecule has 0 unspecified atom stereocenters. The molecule has 0 saturated carbocycles. The number of para-hydroxylation sites is 2. The van der Waals surface area contributed by atoms with Crippen molar-refractivity contribution in [2.24, 2.45) is 0 Å². The maximum absolute atomic E-state index is 12.5. The molecule has 7 heteroatoms.